The molecule has 0 bridgehead atoms. The van der Waals surface area contributed by atoms with E-state index in [4.69, 9.17) is 22.1 Å². The Balaban J connectivity index is 2.13. The number of hydrogen-bond acceptors (Lipinski definition) is 3. The van der Waals surface area contributed by atoms with Crippen molar-refractivity contribution in [2.45, 2.75) is 52.7 Å². The molecule has 1 aromatic heterocycles. The predicted octanol–water partition coefficient (Wildman–Crippen LogP) is 4.03. The van der Waals surface area contributed by atoms with Crippen LogP contribution in [-0.4, -0.2) is 11.1 Å². The van der Waals surface area contributed by atoms with E-state index in [0.29, 0.717) is 35.2 Å². The van der Waals surface area contributed by atoms with Gasteiger partial charge in [-0.3, -0.25) is 0 Å². The standard InChI is InChI=1S/C16H25ClN2O/c1-10(2)13-5-4-11(3)6-15(13)20-16-14(17)7-12(8-18)9-19-16/h7,9-11,13,15H,4-6,8,18H2,1-3H3. The Morgan fingerprint density at radius 2 is 2.20 bits per heavy atom. The molecule has 1 fully saturated rings. The molecule has 2 rings (SSSR count). The van der Waals surface area contributed by atoms with Crippen molar-refractivity contribution in [2.24, 2.45) is 23.5 Å². The van der Waals surface area contributed by atoms with E-state index in [0.717, 1.165) is 12.0 Å². The second kappa shape index (κ2) is 6.77. The maximum atomic E-state index is 6.25. The van der Waals surface area contributed by atoms with Crippen molar-refractivity contribution >= 4 is 11.6 Å². The molecule has 3 unspecified atom stereocenters. The molecule has 0 amide bonds. The van der Waals surface area contributed by atoms with E-state index in [2.05, 4.69) is 25.8 Å². The van der Waals surface area contributed by atoms with E-state index >= 15 is 0 Å². The van der Waals surface area contributed by atoms with Gasteiger partial charge in [-0.05, 0) is 42.2 Å². The summed E-state index contributed by atoms with van der Waals surface area (Å²) < 4.78 is 6.15. The summed E-state index contributed by atoms with van der Waals surface area (Å²) in [5.41, 5.74) is 6.52. The molecule has 1 saturated carbocycles. The molecule has 1 aliphatic carbocycles. The molecule has 3 nitrogen and oxygen atoms in total. The zero-order valence-corrected chi connectivity index (χ0v) is 13.4. The van der Waals surface area contributed by atoms with Gasteiger partial charge in [0.1, 0.15) is 11.1 Å². The van der Waals surface area contributed by atoms with Crippen molar-refractivity contribution in [1.29, 1.82) is 0 Å². The number of ether oxygens (including phenoxy) is 1. The number of nitrogens with zero attached hydrogens (tertiary/aromatic N) is 1. The number of halogens is 1. The summed E-state index contributed by atoms with van der Waals surface area (Å²) in [6.07, 6.45) is 5.56. The highest BCUT2D eigenvalue weighted by Gasteiger charge is 2.32. The summed E-state index contributed by atoms with van der Waals surface area (Å²) in [7, 11) is 0. The Labute approximate surface area is 126 Å². The first-order valence-electron chi connectivity index (χ1n) is 7.52. The molecule has 20 heavy (non-hydrogen) atoms. The second-order valence-electron chi connectivity index (χ2n) is 6.32. The molecule has 0 aliphatic heterocycles. The quantitative estimate of drug-likeness (QED) is 0.912. The van der Waals surface area contributed by atoms with Crippen molar-refractivity contribution < 1.29 is 4.74 Å². The number of hydrogen-bond donors (Lipinski definition) is 1. The van der Waals surface area contributed by atoms with Gasteiger partial charge in [-0.2, -0.15) is 0 Å². The normalized spacial score (nSPS) is 26.8. The minimum atomic E-state index is 0.215. The molecule has 0 saturated heterocycles. The maximum Gasteiger partial charge on any atom is 0.232 e. The van der Waals surface area contributed by atoms with Crippen LogP contribution in [0.15, 0.2) is 12.3 Å². The van der Waals surface area contributed by atoms with Gasteiger partial charge in [-0.1, -0.05) is 38.8 Å². The van der Waals surface area contributed by atoms with E-state index in [1.54, 1.807) is 6.20 Å². The Hall–Kier alpha value is -0.800. The predicted molar refractivity (Wildman–Crippen MR) is 82.9 cm³/mol. The third kappa shape index (κ3) is 3.64. The monoisotopic (exact) mass is 296 g/mol. The average Bonchev–Trinajstić information content (AvgIpc) is 2.40. The fraction of sp³-hybridized carbons (Fsp3) is 0.688. The van der Waals surface area contributed by atoms with Crippen LogP contribution in [0.1, 0.15) is 45.6 Å². The third-order valence-electron chi connectivity index (χ3n) is 4.32. The lowest BCUT2D eigenvalue weighted by atomic mass is 9.75. The summed E-state index contributed by atoms with van der Waals surface area (Å²) >= 11 is 6.25. The van der Waals surface area contributed by atoms with Crippen LogP contribution < -0.4 is 10.5 Å². The van der Waals surface area contributed by atoms with Crippen LogP contribution in [0.4, 0.5) is 0 Å². The Bertz CT molecular complexity index is 450. The summed E-state index contributed by atoms with van der Waals surface area (Å²) in [4.78, 5) is 4.33. The van der Waals surface area contributed by atoms with Gasteiger partial charge in [0.15, 0.2) is 0 Å². The van der Waals surface area contributed by atoms with Crippen LogP contribution in [0.3, 0.4) is 0 Å². The lowest BCUT2D eigenvalue weighted by molar-refractivity contribution is 0.0427. The van der Waals surface area contributed by atoms with Crippen LogP contribution in [0.25, 0.3) is 0 Å². The van der Waals surface area contributed by atoms with Gasteiger partial charge in [0.05, 0.1) is 0 Å². The molecule has 2 N–H and O–H groups in total. The second-order valence-corrected chi connectivity index (χ2v) is 6.72. The minimum absolute atomic E-state index is 0.215. The largest absolute Gasteiger partial charge is 0.473 e. The van der Waals surface area contributed by atoms with E-state index in [1.807, 2.05) is 6.07 Å². The van der Waals surface area contributed by atoms with Crippen molar-refractivity contribution in [1.82, 2.24) is 4.98 Å². The van der Waals surface area contributed by atoms with Crippen LogP contribution in [0, 0.1) is 17.8 Å². The van der Waals surface area contributed by atoms with Gasteiger partial charge >= 0.3 is 0 Å². The first kappa shape index (κ1) is 15.6. The first-order chi connectivity index (χ1) is 9.51. The number of pyridine rings is 1. The molecule has 112 valence electrons. The molecule has 1 aromatic rings. The molecule has 4 heteroatoms. The topological polar surface area (TPSA) is 48.1 Å². The lowest BCUT2D eigenvalue weighted by Crippen LogP contribution is -2.36. The number of nitrogens with two attached hydrogens (primary N) is 1. The minimum Gasteiger partial charge on any atom is -0.473 e. The van der Waals surface area contributed by atoms with Crippen molar-refractivity contribution in [3.63, 3.8) is 0 Å². The lowest BCUT2D eigenvalue weighted by Gasteiger charge is -2.37. The van der Waals surface area contributed by atoms with Crippen molar-refractivity contribution in [3.05, 3.63) is 22.8 Å². The van der Waals surface area contributed by atoms with E-state index < -0.39 is 0 Å². The summed E-state index contributed by atoms with van der Waals surface area (Å²) in [5.74, 6) is 2.46. The zero-order valence-electron chi connectivity index (χ0n) is 12.6. The molecular weight excluding hydrogens is 272 g/mol. The van der Waals surface area contributed by atoms with Crippen LogP contribution in [0.5, 0.6) is 5.88 Å². The summed E-state index contributed by atoms with van der Waals surface area (Å²) in [6.45, 7) is 7.27. The highest BCUT2D eigenvalue weighted by Crippen LogP contribution is 2.36. The molecule has 3 atom stereocenters. The van der Waals surface area contributed by atoms with E-state index in [-0.39, 0.29) is 6.10 Å². The van der Waals surface area contributed by atoms with Gasteiger partial charge in [-0.25, -0.2) is 4.98 Å². The summed E-state index contributed by atoms with van der Waals surface area (Å²) in [6, 6.07) is 1.85. The van der Waals surface area contributed by atoms with Gasteiger partial charge in [-0.15, -0.1) is 0 Å². The van der Waals surface area contributed by atoms with E-state index in [9.17, 15) is 0 Å². The third-order valence-corrected chi connectivity index (χ3v) is 4.59. The van der Waals surface area contributed by atoms with Gasteiger partial charge < -0.3 is 10.5 Å². The molecule has 1 aliphatic rings. The van der Waals surface area contributed by atoms with Crippen molar-refractivity contribution in [2.75, 3.05) is 0 Å². The molecule has 0 aromatic carbocycles. The molecule has 1 heterocycles. The van der Waals surface area contributed by atoms with Crippen LogP contribution >= 0.6 is 11.6 Å². The highest BCUT2D eigenvalue weighted by molar-refractivity contribution is 6.31. The zero-order chi connectivity index (χ0) is 14.7. The van der Waals surface area contributed by atoms with E-state index in [1.165, 1.54) is 12.8 Å². The van der Waals surface area contributed by atoms with Crippen molar-refractivity contribution in [3.8, 4) is 5.88 Å². The molecule has 0 spiro atoms. The van der Waals surface area contributed by atoms with Gasteiger partial charge in [0, 0.05) is 12.7 Å². The maximum absolute atomic E-state index is 6.25. The SMILES string of the molecule is CC1CCC(C(C)C)C(Oc2ncc(CN)cc2Cl)C1. The molecular formula is C16H25ClN2O. The van der Waals surface area contributed by atoms with Gasteiger partial charge in [0.25, 0.3) is 0 Å². The molecule has 0 radical (unpaired) electrons. The smallest absolute Gasteiger partial charge is 0.232 e. The fourth-order valence-electron chi connectivity index (χ4n) is 3.06. The van der Waals surface area contributed by atoms with Crippen LogP contribution in [-0.2, 0) is 6.54 Å². The van der Waals surface area contributed by atoms with Gasteiger partial charge in [0.2, 0.25) is 5.88 Å². The Morgan fingerprint density at radius 1 is 1.45 bits per heavy atom. The number of aromatic nitrogens is 1. The summed E-state index contributed by atoms with van der Waals surface area (Å²) in [5, 5.41) is 0.564. The first-order valence-corrected chi connectivity index (χ1v) is 7.90. The Morgan fingerprint density at radius 3 is 2.80 bits per heavy atom. The number of rotatable bonds is 4. The fourth-order valence-corrected chi connectivity index (χ4v) is 3.29. The Kier molecular flexibility index (Phi) is 5.28. The average molecular weight is 297 g/mol. The highest BCUT2D eigenvalue weighted by atomic mass is 35.5. The van der Waals surface area contributed by atoms with Crippen LogP contribution in [0.2, 0.25) is 5.02 Å².